The first-order valence-corrected chi connectivity index (χ1v) is 10.2. The van der Waals surface area contributed by atoms with Gasteiger partial charge in [-0.25, -0.2) is 17.2 Å². The fraction of sp³-hybridized carbons (Fsp3) is 0.316. The molecule has 0 aliphatic heterocycles. The maximum absolute atomic E-state index is 13.6. The van der Waals surface area contributed by atoms with Crippen molar-refractivity contribution in [3.63, 3.8) is 0 Å². The van der Waals surface area contributed by atoms with Gasteiger partial charge < -0.3 is 5.32 Å². The number of hydrogen-bond acceptors (Lipinski definition) is 3. The summed E-state index contributed by atoms with van der Waals surface area (Å²) >= 11 is 0. The first-order valence-electron chi connectivity index (χ1n) is 8.36. The van der Waals surface area contributed by atoms with E-state index in [2.05, 4.69) is 5.32 Å². The van der Waals surface area contributed by atoms with E-state index in [-0.39, 0.29) is 11.6 Å². The minimum Gasteiger partial charge on any atom is -0.324 e. The molecule has 1 unspecified atom stereocenters. The van der Waals surface area contributed by atoms with Gasteiger partial charge in [-0.15, -0.1) is 0 Å². The highest BCUT2D eigenvalue weighted by atomic mass is 32.2. The molecule has 5 nitrogen and oxygen atoms in total. The molecule has 0 heterocycles. The molecule has 1 amide bonds. The SMILES string of the molecule is CC(C)c1ccccc1NC(=O)C(C)N(c1ccc(F)c(F)c1)S(C)(=O)=O. The van der Waals surface area contributed by atoms with E-state index >= 15 is 0 Å². The van der Waals surface area contributed by atoms with Crippen molar-refractivity contribution in [1.29, 1.82) is 0 Å². The molecule has 0 saturated carbocycles. The second kappa shape index (κ2) is 8.04. The standard InChI is InChI=1S/C19H22F2N2O3S/c1-12(2)15-7-5-6-8-18(15)22-19(24)13(3)23(27(4,25)26)14-9-10-16(20)17(21)11-14/h5-13H,1-4H3,(H,22,24). The molecule has 27 heavy (non-hydrogen) atoms. The smallest absolute Gasteiger partial charge is 0.248 e. The minimum atomic E-state index is -3.93. The molecule has 2 aromatic rings. The van der Waals surface area contributed by atoms with Crippen LogP contribution in [0.2, 0.25) is 0 Å². The Morgan fingerprint density at radius 1 is 1.04 bits per heavy atom. The lowest BCUT2D eigenvalue weighted by atomic mass is 10.0. The number of halogens is 2. The molecular formula is C19H22F2N2O3S. The van der Waals surface area contributed by atoms with E-state index in [9.17, 15) is 22.0 Å². The first-order chi connectivity index (χ1) is 12.5. The maximum atomic E-state index is 13.6. The molecule has 146 valence electrons. The average molecular weight is 396 g/mol. The topological polar surface area (TPSA) is 66.5 Å². The van der Waals surface area contributed by atoms with Crippen LogP contribution in [-0.2, 0) is 14.8 Å². The number of anilines is 2. The molecule has 8 heteroatoms. The van der Waals surface area contributed by atoms with Crippen molar-refractivity contribution in [3.05, 3.63) is 59.7 Å². The minimum absolute atomic E-state index is 0.129. The van der Waals surface area contributed by atoms with Crippen molar-refractivity contribution in [3.8, 4) is 0 Å². The molecule has 1 N–H and O–H groups in total. The Balaban J connectivity index is 2.37. The summed E-state index contributed by atoms with van der Waals surface area (Å²) in [5, 5.41) is 2.73. The molecule has 0 saturated heterocycles. The van der Waals surface area contributed by atoms with Crippen molar-refractivity contribution in [1.82, 2.24) is 0 Å². The van der Waals surface area contributed by atoms with Gasteiger partial charge in [0, 0.05) is 11.8 Å². The van der Waals surface area contributed by atoms with Crippen molar-refractivity contribution in [2.24, 2.45) is 0 Å². The zero-order valence-corrected chi connectivity index (χ0v) is 16.3. The second-order valence-electron chi connectivity index (χ2n) is 6.56. The molecule has 0 aliphatic carbocycles. The summed E-state index contributed by atoms with van der Waals surface area (Å²) in [4.78, 5) is 12.7. The number of carbonyl (C=O) groups is 1. The predicted octanol–water partition coefficient (Wildman–Crippen LogP) is 3.88. The van der Waals surface area contributed by atoms with Crippen molar-refractivity contribution in [2.45, 2.75) is 32.7 Å². The number of benzene rings is 2. The van der Waals surface area contributed by atoms with Crippen LogP contribution in [0.15, 0.2) is 42.5 Å². The summed E-state index contributed by atoms with van der Waals surface area (Å²) in [6, 6.07) is 8.71. The highest BCUT2D eigenvalue weighted by Crippen LogP contribution is 2.26. The maximum Gasteiger partial charge on any atom is 0.248 e. The van der Waals surface area contributed by atoms with Crippen LogP contribution in [0.25, 0.3) is 0 Å². The predicted molar refractivity (Wildman–Crippen MR) is 102 cm³/mol. The number of amides is 1. The third-order valence-electron chi connectivity index (χ3n) is 4.09. The van der Waals surface area contributed by atoms with Gasteiger partial charge in [-0.05, 0) is 36.6 Å². The van der Waals surface area contributed by atoms with Gasteiger partial charge in [-0.2, -0.15) is 0 Å². The third-order valence-corrected chi connectivity index (χ3v) is 5.33. The largest absolute Gasteiger partial charge is 0.324 e. The zero-order chi connectivity index (χ0) is 20.4. The Morgan fingerprint density at radius 3 is 2.22 bits per heavy atom. The van der Waals surface area contributed by atoms with Crippen LogP contribution in [0, 0.1) is 11.6 Å². The van der Waals surface area contributed by atoms with E-state index in [4.69, 9.17) is 0 Å². The van der Waals surface area contributed by atoms with E-state index in [1.54, 1.807) is 12.1 Å². The molecule has 0 spiro atoms. The van der Waals surface area contributed by atoms with Crippen LogP contribution in [0.4, 0.5) is 20.2 Å². The normalized spacial score (nSPS) is 12.7. The number of hydrogen-bond donors (Lipinski definition) is 1. The number of nitrogens with zero attached hydrogens (tertiary/aromatic N) is 1. The number of carbonyl (C=O) groups excluding carboxylic acids is 1. The Kier molecular flexibility index (Phi) is 6.20. The van der Waals surface area contributed by atoms with Gasteiger partial charge in [0.2, 0.25) is 15.9 Å². The molecule has 0 aromatic heterocycles. The highest BCUT2D eigenvalue weighted by Gasteiger charge is 2.30. The Morgan fingerprint density at radius 2 is 1.67 bits per heavy atom. The number of para-hydroxylation sites is 1. The van der Waals surface area contributed by atoms with Crippen molar-refractivity contribution >= 4 is 27.3 Å². The van der Waals surface area contributed by atoms with E-state index in [1.807, 2.05) is 26.0 Å². The third kappa shape index (κ3) is 4.82. The van der Waals surface area contributed by atoms with Gasteiger partial charge in [-0.3, -0.25) is 9.10 Å². The summed E-state index contributed by atoms with van der Waals surface area (Å²) < 4.78 is 52.0. The molecule has 0 fully saturated rings. The fourth-order valence-corrected chi connectivity index (χ4v) is 3.95. The number of sulfonamides is 1. The van der Waals surface area contributed by atoms with Crippen LogP contribution in [0.5, 0.6) is 0 Å². The summed E-state index contributed by atoms with van der Waals surface area (Å²) in [6.07, 6.45) is 0.903. The highest BCUT2D eigenvalue weighted by molar-refractivity contribution is 7.92. The number of nitrogens with one attached hydrogen (secondary N) is 1. The Labute approximate surface area is 158 Å². The number of rotatable bonds is 6. The zero-order valence-electron chi connectivity index (χ0n) is 15.5. The van der Waals surface area contributed by atoms with E-state index in [0.29, 0.717) is 5.69 Å². The van der Waals surface area contributed by atoms with Crippen LogP contribution < -0.4 is 9.62 Å². The lowest BCUT2D eigenvalue weighted by molar-refractivity contribution is -0.116. The van der Waals surface area contributed by atoms with E-state index < -0.39 is 33.6 Å². The molecule has 2 aromatic carbocycles. The Bertz CT molecular complexity index is 946. The lowest BCUT2D eigenvalue weighted by Gasteiger charge is -2.28. The molecule has 0 bridgehead atoms. The summed E-state index contributed by atoms with van der Waals surface area (Å²) in [6.45, 7) is 5.33. The van der Waals surface area contributed by atoms with Gasteiger partial charge in [-0.1, -0.05) is 32.0 Å². The summed E-state index contributed by atoms with van der Waals surface area (Å²) in [5.41, 5.74) is 1.34. The lowest BCUT2D eigenvalue weighted by Crippen LogP contribution is -2.45. The van der Waals surface area contributed by atoms with Crippen LogP contribution in [0.3, 0.4) is 0 Å². The quantitative estimate of drug-likeness (QED) is 0.806. The van der Waals surface area contributed by atoms with Gasteiger partial charge >= 0.3 is 0 Å². The van der Waals surface area contributed by atoms with Gasteiger partial charge in [0.1, 0.15) is 6.04 Å². The molecule has 1 atom stereocenters. The van der Waals surface area contributed by atoms with Gasteiger partial charge in [0.05, 0.1) is 11.9 Å². The summed E-state index contributed by atoms with van der Waals surface area (Å²) in [5.74, 6) is -2.73. The van der Waals surface area contributed by atoms with Gasteiger partial charge in [0.25, 0.3) is 0 Å². The van der Waals surface area contributed by atoms with Crippen molar-refractivity contribution in [2.75, 3.05) is 15.9 Å². The van der Waals surface area contributed by atoms with Crippen LogP contribution >= 0.6 is 0 Å². The second-order valence-corrected chi connectivity index (χ2v) is 8.42. The molecule has 0 aliphatic rings. The average Bonchev–Trinajstić information content (AvgIpc) is 2.57. The van der Waals surface area contributed by atoms with Gasteiger partial charge in [0.15, 0.2) is 11.6 Å². The first kappa shape index (κ1) is 20.8. The fourth-order valence-electron chi connectivity index (χ4n) is 2.78. The Hall–Kier alpha value is -2.48. The van der Waals surface area contributed by atoms with E-state index in [1.165, 1.54) is 6.92 Å². The van der Waals surface area contributed by atoms with Crippen LogP contribution in [0.1, 0.15) is 32.3 Å². The summed E-state index contributed by atoms with van der Waals surface area (Å²) in [7, 11) is -3.93. The monoisotopic (exact) mass is 396 g/mol. The molecule has 2 rings (SSSR count). The molecule has 0 radical (unpaired) electrons. The van der Waals surface area contributed by atoms with E-state index in [0.717, 1.165) is 34.3 Å². The van der Waals surface area contributed by atoms with Crippen LogP contribution in [-0.4, -0.2) is 26.6 Å². The van der Waals surface area contributed by atoms with Crippen molar-refractivity contribution < 1.29 is 22.0 Å². The molecular weight excluding hydrogens is 374 g/mol.